The molecule has 172 valence electrons. The third kappa shape index (κ3) is 7.02. The number of hydrogen-bond acceptors (Lipinski definition) is 4. The number of nitrogens with two attached hydrogens (primary N) is 1. The van der Waals surface area contributed by atoms with E-state index in [0.29, 0.717) is 22.9 Å². The molecular formula is C24H32FN5O2. The van der Waals surface area contributed by atoms with Crippen molar-refractivity contribution in [1.82, 2.24) is 20.1 Å². The van der Waals surface area contributed by atoms with E-state index in [1.807, 2.05) is 4.90 Å². The summed E-state index contributed by atoms with van der Waals surface area (Å²) in [5.74, 6) is -0.850. The summed E-state index contributed by atoms with van der Waals surface area (Å²) in [6.45, 7) is 3.74. The van der Waals surface area contributed by atoms with Crippen LogP contribution >= 0.6 is 0 Å². The van der Waals surface area contributed by atoms with Crippen LogP contribution in [0.5, 0.6) is 0 Å². The van der Waals surface area contributed by atoms with E-state index in [1.54, 1.807) is 24.3 Å². The zero-order chi connectivity index (χ0) is 22.9. The molecule has 1 aliphatic heterocycles. The van der Waals surface area contributed by atoms with Crippen LogP contribution in [0, 0.1) is 5.82 Å². The maximum atomic E-state index is 13.0. The molecule has 0 radical (unpaired) electrons. The Kier molecular flexibility index (Phi) is 8.56. The number of primary amides is 1. The molecule has 0 unspecified atom stereocenters. The zero-order valence-electron chi connectivity index (χ0n) is 18.6. The predicted octanol–water partition coefficient (Wildman–Crippen LogP) is 3.26. The van der Waals surface area contributed by atoms with Gasteiger partial charge in [-0.1, -0.05) is 31.4 Å². The van der Waals surface area contributed by atoms with Crippen LogP contribution in [-0.4, -0.2) is 66.0 Å². The van der Waals surface area contributed by atoms with Gasteiger partial charge in [0.1, 0.15) is 5.82 Å². The highest BCUT2D eigenvalue weighted by atomic mass is 19.1. The number of halogens is 1. The van der Waals surface area contributed by atoms with Gasteiger partial charge < -0.3 is 20.9 Å². The van der Waals surface area contributed by atoms with Crippen LogP contribution in [-0.2, 0) is 0 Å². The number of piperazine rings is 1. The second-order valence-corrected chi connectivity index (χ2v) is 8.38. The van der Waals surface area contributed by atoms with E-state index in [1.165, 1.54) is 50.4 Å². The van der Waals surface area contributed by atoms with Crippen LogP contribution in [0.25, 0.3) is 11.3 Å². The van der Waals surface area contributed by atoms with Gasteiger partial charge in [-0.05, 0) is 44.2 Å². The average Bonchev–Trinajstić information content (AvgIpc) is 2.81. The molecule has 0 atom stereocenters. The second kappa shape index (κ2) is 11.6. The van der Waals surface area contributed by atoms with Crippen LogP contribution in [0.2, 0.25) is 0 Å². The van der Waals surface area contributed by atoms with Gasteiger partial charge in [-0.25, -0.2) is 9.18 Å². The molecule has 4 rings (SSSR count). The normalized spacial score (nSPS) is 17.2. The van der Waals surface area contributed by atoms with Gasteiger partial charge in [0.25, 0.3) is 0 Å². The molecule has 1 saturated heterocycles. The summed E-state index contributed by atoms with van der Waals surface area (Å²) in [5.41, 5.74) is 6.69. The Balaban J connectivity index is 0.000000181. The number of amides is 3. The molecule has 2 aliphatic rings. The largest absolute Gasteiger partial charge is 0.366 e. The van der Waals surface area contributed by atoms with Crippen molar-refractivity contribution < 1.29 is 14.0 Å². The van der Waals surface area contributed by atoms with Gasteiger partial charge >= 0.3 is 6.03 Å². The van der Waals surface area contributed by atoms with Crippen molar-refractivity contribution in [3.05, 3.63) is 54.0 Å². The standard InChI is InChI=1S/C12H9FN2O.C12H23N3O/c13-10-3-1-2-8(6-10)11-5-4-9(7-15-11)12(14)16;1-14-7-9-15(10-8-14)12(16)13-11-5-3-2-4-6-11/h1-7H,(H2,14,16);11H,2-10H2,1H3,(H,13,16). The van der Waals surface area contributed by atoms with E-state index >= 15 is 0 Å². The van der Waals surface area contributed by atoms with E-state index in [0.717, 1.165) is 26.2 Å². The first-order chi connectivity index (χ1) is 15.4. The highest BCUT2D eigenvalue weighted by molar-refractivity contribution is 5.92. The van der Waals surface area contributed by atoms with Crippen LogP contribution in [0.15, 0.2) is 42.6 Å². The number of urea groups is 1. The van der Waals surface area contributed by atoms with Crippen LogP contribution in [0.1, 0.15) is 42.5 Å². The number of benzene rings is 1. The van der Waals surface area contributed by atoms with Crippen molar-refractivity contribution in [2.45, 2.75) is 38.1 Å². The molecule has 2 heterocycles. The van der Waals surface area contributed by atoms with Crippen molar-refractivity contribution >= 4 is 11.9 Å². The van der Waals surface area contributed by atoms with Gasteiger partial charge in [0.2, 0.25) is 5.91 Å². The van der Waals surface area contributed by atoms with Gasteiger partial charge in [0.15, 0.2) is 0 Å². The highest BCUT2D eigenvalue weighted by Crippen LogP contribution is 2.18. The fourth-order valence-corrected chi connectivity index (χ4v) is 3.88. The Morgan fingerprint density at radius 3 is 2.38 bits per heavy atom. The summed E-state index contributed by atoms with van der Waals surface area (Å²) in [5, 5.41) is 3.17. The topological polar surface area (TPSA) is 91.6 Å². The van der Waals surface area contributed by atoms with Crippen molar-refractivity contribution in [3.8, 4) is 11.3 Å². The lowest BCUT2D eigenvalue weighted by Gasteiger charge is -2.34. The molecule has 32 heavy (non-hydrogen) atoms. The molecule has 1 aromatic heterocycles. The van der Waals surface area contributed by atoms with Crippen LogP contribution in [0.4, 0.5) is 9.18 Å². The number of pyridine rings is 1. The number of rotatable bonds is 3. The Bertz CT molecular complexity index is 892. The first-order valence-electron chi connectivity index (χ1n) is 11.2. The summed E-state index contributed by atoms with van der Waals surface area (Å²) in [4.78, 5) is 31.1. The molecular weight excluding hydrogens is 409 g/mol. The molecule has 8 heteroatoms. The number of carbonyl (C=O) groups is 2. The lowest BCUT2D eigenvalue weighted by molar-refractivity contribution is 0.1000. The summed E-state index contributed by atoms with van der Waals surface area (Å²) < 4.78 is 13.0. The van der Waals surface area contributed by atoms with Gasteiger partial charge in [0.05, 0.1) is 11.3 Å². The van der Waals surface area contributed by atoms with E-state index in [2.05, 4.69) is 22.2 Å². The van der Waals surface area contributed by atoms with E-state index in [-0.39, 0.29) is 11.8 Å². The van der Waals surface area contributed by atoms with Crippen LogP contribution < -0.4 is 11.1 Å². The van der Waals surface area contributed by atoms with Crippen molar-refractivity contribution in [2.75, 3.05) is 33.2 Å². The van der Waals surface area contributed by atoms with E-state index < -0.39 is 5.91 Å². The minimum Gasteiger partial charge on any atom is -0.366 e. The minimum absolute atomic E-state index is 0.153. The predicted molar refractivity (Wildman–Crippen MR) is 123 cm³/mol. The Morgan fingerprint density at radius 1 is 1.06 bits per heavy atom. The first-order valence-corrected chi connectivity index (χ1v) is 11.2. The monoisotopic (exact) mass is 441 g/mol. The Labute approximate surface area is 188 Å². The quantitative estimate of drug-likeness (QED) is 0.765. The smallest absolute Gasteiger partial charge is 0.317 e. The summed E-state index contributed by atoms with van der Waals surface area (Å²) in [6, 6.07) is 9.88. The maximum absolute atomic E-state index is 13.0. The van der Waals surface area contributed by atoms with Gasteiger partial charge in [0, 0.05) is 44.0 Å². The van der Waals surface area contributed by atoms with Crippen molar-refractivity contribution in [1.29, 1.82) is 0 Å². The van der Waals surface area contributed by atoms with Gasteiger partial charge in [-0.3, -0.25) is 9.78 Å². The SMILES string of the molecule is CN1CCN(C(=O)NC2CCCCC2)CC1.NC(=O)c1ccc(-c2cccc(F)c2)nc1. The average molecular weight is 442 g/mol. The highest BCUT2D eigenvalue weighted by Gasteiger charge is 2.22. The fourth-order valence-electron chi connectivity index (χ4n) is 3.88. The fraction of sp³-hybridized carbons (Fsp3) is 0.458. The van der Waals surface area contributed by atoms with E-state index in [4.69, 9.17) is 5.73 Å². The Morgan fingerprint density at radius 2 is 1.78 bits per heavy atom. The number of carbonyl (C=O) groups excluding carboxylic acids is 2. The zero-order valence-corrected chi connectivity index (χ0v) is 18.6. The molecule has 1 aromatic carbocycles. The van der Waals surface area contributed by atoms with E-state index in [9.17, 15) is 14.0 Å². The minimum atomic E-state index is -0.529. The molecule has 3 N–H and O–H groups in total. The molecule has 2 aromatic rings. The number of aromatic nitrogens is 1. The van der Waals surface area contributed by atoms with Crippen LogP contribution in [0.3, 0.4) is 0 Å². The lowest BCUT2D eigenvalue weighted by Crippen LogP contribution is -2.52. The molecule has 0 bridgehead atoms. The molecule has 1 aliphatic carbocycles. The summed E-state index contributed by atoms with van der Waals surface area (Å²) in [7, 11) is 2.11. The number of likely N-dealkylation sites (N-methyl/N-ethyl adjacent to an activating group) is 1. The van der Waals surface area contributed by atoms with Gasteiger partial charge in [-0.15, -0.1) is 0 Å². The molecule has 1 saturated carbocycles. The molecule has 7 nitrogen and oxygen atoms in total. The van der Waals surface area contributed by atoms with Crippen molar-refractivity contribution in [2.24, 2.45) is 5.73 Å². The first kappa shape index (κ1) is 23.7. The molecule has 2 fully saturated rings. The summed E-state index contributed by atoms with van der Waals surface area (Å²) in [6.07, 6.45) is 7.59. The third-order valence-corrected chi connectivity index (χ3v) is 5.89. The summed E-state index contributed by atoms with van der Waals surface area (Å²) >= 11 is 0. The Hall–Kier alpha value is -3.00. The van der Waals surface area contributed by atoms with Gasteiger partial charge in [-0.2, -0.15) is 0 Å². The lowest BCUT2D eigenvalue weighted by atomic mass is 9.96. The molecule has 0 spiro atoms. The second-order valence-electron chi connectivity index (χ2n) is 8.38. The maximum Gasteiger partial charge on any atom is 0.317 e. The number of nitrogens with zero attached hydrogens (tertiary/aromatic N) is 3. The number of hydrogen-bond donors (Lipinski definition) is 2. The van der Waals surface area contributed by atoms with Crippen molar-refractivity contribution in [3.63, 3.8) is 0 Å². The third-order valence-electron chi connectivity index (χ3n) is 5.89. The number of nitrogens with one attached hydrogen (secondary N) is 1. The molecule has 3 amide bonds.